The van der Waals surface area contributed by atoms with Crippen molar-refractivity contribution in [1.82, 2.24) is 16.0 Å². The second-order valence-electron chi connectivity index (χ2n) is 20.7. The van der Waals surface area contributed by atoms with Crippen molar-refractivity contribution in [1.29, 1.82) is 0 Å². The van der Waals surface area contributed by atoms with Crippen molar-refractivity contribution in [3.05, 3.63) is 0 Å². The topological polar surface area (TPSA) is 548 Å². The normalized spacial score (nSPS) is 43.5. The monoisotopic (exact) mass is 1200 g/mol. The van der Waals surface area contributed by atoms with Gasteiger partial charge in [-0.05, 0) is 25.8 Å². The molecule has 6 saturated heterocycles. The molecule has 30 atom stereocenters. The first-order chi connectivity index (χ1) is 39.0. The minimum atomic E-state index is -2.11. The van der Waals surface area contributed by atoms with Crippen LogP contribution in [-0.2, 0) is 71.2 Å². The minimum Gasteiger partial charge on any atom is -0.394 e. The Morgan fingerprint density at radius 1 is 0.439 bits per heavy atom. The van der Waals surface area contributed by atoms with E-state index >= 15 is 0 Å². The Labute approximate surface area is 468 Å². The SMILES string of the molecule is CC(=O)NC1C(O[C@H](CO)[C@@H]2O[C@@H](OC3C(O)C(CO)OC(O[C@H](CO)[C@@H]4O[C@@H](OC5C(O)C(CO)OC(OCCCCCN)C5NC(C)=O)C(O)[C@@H]4O)C3NC(C)=O)C(O)[C@@H]2O)OC(CO)C(O)C1O[C@@H]1O[C@@H]([C@H](O)CO)[C@@H](O)C1O. The molecule has 476 valence electrons. The largest absolute Gasteiger partial charge is 0.394 e. The van der Waals surface area contributed by atoms with Gasteiger partial charge in [0.05, 0.1) is 39.6 Å². The molecule has 6 aliphatic rings. The number of ether oxygens (including phenoxy) is 12. The second-order valence-corrected chi connectivity index (χ2v) is 20.7. The first-order valence-corrected chi connectivity index (χ1v) is 26.8. The summed E-state index contributed by atoms with van der Waals surface area (Å²) in [6, 6.07) is -4.69. The standard InChI is InChI=1S/C47H82N4O31/c1-15(58)49-24-39(27(62)19(10-53)72-42(24)71-8-6-4-5-7-48)80-46-34(69)31(66)37(78-46)22(13-56)76-44-26(51-17(3)60)41(29(64)21(12-55)74-44)82-47-35(70)32(67)38(79-47)23(14-57)75-43-25(50-16(2)59)40(28(63)20(11-54)73-43)81-45-33(68)30(65)36(77-45)18(61)9-52/h18-47,52-57,61-70H,4-14,48H2,1-3H3,(H,49,58)(H,50,59)(H,51,60)/t18-,19?,20?,21?,22-,23-,24?,25?,26?,27?,28?,29?,30+,31+,32+,33?,34?,35?,36+,37+,38+,39?,40?,41?,42?,43?,44?,45+,46+,47+/m1/s1. The molecule has 6 heterocycles. The van der Waals surface area contributed by atoms with Crippen LogP contribution >= 0.6 is 0 Å². The molecule has 21 N–H and O–H groups in total. The van der Waals surface area contributed by atoms with Gasteiger partial charge in [-0.1, -0.05) is 0 Å². The van der Waals surface area contributed by atoms with Gasteiger partial charge < -0.3 is 160 Å². The molecular formula is C47H82N4O31. The van der Waals surface area contributed by atoms with E-state index in [4.69, 9.17) is 62.6 Å². The van der Waals surface area contributed by atoms with Crippen LogP contribution in [0.3, 0.4) is 0 Å². The summed E-state index contributed by atoms with van der Waals surface area (Å²) in [5, 5.41) is 180. The van der Waals surface area contributed by atoms with E-state index in [2.05, 4.69) is 16.0 Å². The fourth-order valence-electron chi connectivity index (χ4n) is 10.5. The molecule has 0 aromatic carbocycles. The zero-order valence-corrected chi connectivity index (χ0v) is 45.0. The van der Waals surface area contributed by atoms with Crippen molar-refractivity contribution in [2.24, 2.45) is 5.73 Å². The van der Waals surface area contributed by atoms with Crippen molar-refractivity contribution in [3.8, 4) is 0 Å². The zero-order valence-electron chi connectivity index (χ0n) is 45.0. The quantitative estimate of drug-likeness (QED) is 0.0324. The van der Waals surface area contributed by atoms with Crippen LogP contribution in [0.15, 0.2) is 0 Å². The number of rotatable bonds is 28. The van der Waals surface area contributed by atoms with E-state index in [0.29, 0.717) is 25.8 Å². The van der Waals surface area contributed by atoms with Crippen molar-refractivity contribution < 1.29 is 153 Å². The summed E-state index contributed by atoms with van der Waals surface area (Å²) in [6.45, 7) is -2.01. The number of carbonyl (C=O) groups is 3. The summed E-state index contributed by atoms with van der Waals surface area (Å²) in [6.07, 6.45) is -46.7. The lowest BCUT2D eigenvalue weighted by molar-refractivity contribution is -0.330. The number of nitrogens with one attached hydrogen (secondary N) is 3. The first-order valence-electron chi connectivity index (χ1n) is 26.8. The van der Waals surface area contributed by atoms with Gasteiger partial charge in [-0.15, -0.1) is 0 Å². The van der Waals surface area contributed by atoms with Crippen molar-refractivity contribution in [2.45, 2.75) is 224 Å². The first kappa shape index (κ1) is 68.4. The van der Waals surface area contributed by atoms with E-state index < -0.39 is 241 Å². The molecule has 3 amide bonds. The molecule has 35 heteroatoms. The van der Waals surface area contributed by atoms with E-state index in [-0.39, 0.29) is 6.61 Å². The number of nitrogens with two attached hydrogens (primary N) is 1. The Hall–Kier alpha value is -2.75. The molecule has 6 aliphatic heterocycles. The van der Waals surface area contributed by atoms with Gasteiger partial charge in [0.2, 0.25) is 17.7 Å². The highest BCUT2D eigenvalue weighted by atomic mass is 16.8. The zero-order chi connectivity index (χ0) is 60.4. The molecule has 0 bridgehead atoms. The predicted molar refractivity (Wildman–Crippen MR) is 261 cm³/mol. The van der Waals surface area contributed by atoms with Crippen LogP contribution in [0, 0.1) is 0 Å². The molecule has 82 heavy (non-hydrogen) atoms. The number of aliphatic hydroxyl groups excluding tert-OH is 16. The van der Waals surface area contributed by atoms with Crippen molar-refractivity contribution >= 4 is 17.7 Å². The highest BCUT2D eigenvalue weighted by Crippen LogP contribution is 2.37. The summed E-state index contributed by atoms with van der Waals surface area (Å²) >= 11 is 0. The summed E-state index contributed by atoms with van der Waals surface area (Å²) < 4.78 is 70.3. The molecule has 0 aliphatic carbocycles. The highest BCUT2D eigenvalue weighted by molar-refractivity contribution is 5.74. The molecule has 35 nitrogen and oxygen atoms in total. The summed E-state index contributed by atoms with van der Waals surface area (Å²) in [5.74, 6) is -2.27. The van der Waals surface area contributed by atoms with Crippen LogP contribution in [0.5, 0.6) is 0 Å². The van der Waals surface area contributed by atoms with Gasteiger partial charge >= 0.3 is 0 Å². The van der Waals surface area contributed by atoms with E-state index in [1.165, 1.54) is 0 Å². The Morgan fingerprint density at radius 2 is 0.780 bits per heavy atom. The molecule has 6 fully saturated rings. The summed E-state index contributed by atoms with van der Waals surface area (Å²) in [4.78, 5) is 37.8. The van der Waals surface area contributed by atoms with Crippen LogP contribution in [0.2, 0.25) is 0 Å². The molecule has 0 aromatic rings. The number of hydrogen-bond acceptors (Lipinski definition) is 32. The Kier molecular flexibility index (Phi) is 26.0. The van der Waals surface area contributed by atoms with E-state index in [0.717, 1.165) is 20.8 Å². The molecule has 0 radical (unpaired) electrons. The third kappa shape index (κ3) is 15.9. The average molecular weight is 1200 g/mol. The van der Waals surface area contributed by atoms with Crippen LogP contribution in [-0.4, -0.2) is 336 Å². The van der Waals surface area contributed by atoms with E-state index in [1.54, 1.807) is 0 Å². The maximum atomic E-state index is 12.8. The average Bonchev–Trinajstić information content (AvgIpc) is 4.20. The fourth-order valence-corrected chi connectivity index (χ4v) is 10.5. The lowest BCUT2D eigenvalue weighted by atomic mass is 9.95. The van der Waals surface area contributed by atoms with Gasteiger partial charge in [-0.25, -0.2) is 0 Å². The number of unbranched alkanes of at least 4 members (excludes halogenated alkanes) is 2. The van der Waals surface area contributed by atoms with Gasteiger partial charge in [0.25, 0.3) is 0 Å². The molecule has 18 unspecified atom stereocenters. The number of hydrogen-bond donors (Lipinski definition) is 20. The summed E-state index contributed by atoms with van der Waals surface area (Å²) in [7, 11) is 0. The van der Waals surface area contributed by atoms with Crippen LogP contribution in [0.4, 0.5) is 0 Å². The summed E-state index contributed by atoms with van der Waals surface area (Å²) in [5.41, 5.74) is 5.58. The predicted octanol–water partition coefficient (Wildman–Crippen LogP) is -12.5. The molecule has 6 rings (SSSR count). The van der Waals surface area contributed by atoms with Gasteiger partial charge in [0.1, 0.15) is 146 Å². The molecule has 0 saturated carbocycles. The van der Waals surface area contributed by atoms with Crippen molar-refractivity contribution in [2.75, 3.05) is 52.8 Å². The van der Waals surface area contributed by atoms with E-state index in [1.807, 2.05) is 0 Å². The molecule has 0 aromatic heterocycles. The van der Waals surface area contributed by atoms with Crippen LogP contribution in [0.25, 0.3) is 0 Å². The van der Waals surface area contributed by atoms with Gasteiger partial charge in [-0.3, -0.25) is 14.4 Å². The smallest absolute Gasteiger partial charge is 0.217 e. The maximum Gasteiger partial charge on any atom is 0.217 e. The Morgan fingerprint density at radius 3 is 1.11 bits per heavy atom. The highest BCUT2D eigenvalue weighted by Gasteiger charge is 2.59. The number of aliphatic hydroxyl groups is 16. The van der Waals surface area contributed by atoms with Gasteiger partial charge in [0, 0.05) is 27.4 Å². The lowest BCUT2D eigenvalue weighted by Gasteiger charge is -2.46. The van der Waals surface area contributed by atoms with Crippen LogP contribution < -0.4 is 21.7 Å². The number of carbonyl (C=O) groups excluding carboxylic acids is 3. The van der Waals surface area contributed by atoms with Crippen molar-refractivity contribution in [3.63, 3.8) is 0 Å². The third-order valence-electron chi connectivity index (χ3n) is 14.7. The van der Waals surface area contributed by atoms with Gasteiger partial charge in [0.15, 0.2) is 37.7 Å². The lowest BCUT2D eigenvalue weighted by Crippen LogP contribution is -2.67. The Bertz CT molecular complexity index is 1980. The third-order valence-corrected chi connectivity index (χ3v) is 14.7. The van der Waals surface area contributed by atoms with Crippen LogP contribution in [0.1, 0.15) is 40.0 Å². The number of amides is 3. The second kappa shape index (κ2) is 31.2. The molecule has 0 spiro atoms. The van der Waals surface area contributed by atoms with Gasteiger partial charge in [-0.2, -0.15) is 0 Å². The Balaban J connectivity index is 1.19. The maximum absolute atomic E-state index is 12.8. The van der Waals surface area contributed by atoms with E-state index in [9.17, 15) is 96.1 Å². The minimum absolute atomic E-state index is 0.0958. The fraction of sp³-hybridized carbons (Fsp3) is 0.936. The molecular weight excluding hydrogens is 1120 g/mol.